The predicted molar refractivity (Wildman–Crippen MR) is 53.7 cm³/mol. The topological polar surface area (TPSA) is 114 Å². The van der Waals surface area contributed by atoms with E-state index >= 15 is 0 Å². The molecule has 0 aliphatic carbocycles. The Morgan fingerprint density at radius 1 is 1.71 bits per heavy atom. The Morgan fingerprint density at radius 3 is 3.06 bits per heavy atom. The second-order valence-electron chi connectivity index (χ2n) is 3.87. The number of azide groups is 1. The average molecular weight is 243 g/mol. The molecule has 1 N–H and O–H groups in total. The summed E-state index contributed by atoms with van der Waals surface area (Å²) in [6.45, 7) is 1.57. The number of fused-ring (bicyclic) bond motifs is 2. The number of aliphatic hydroxyl groups is 1. The van der Waals surface area contributed by atoms with Crippen molar-refractivity contribution in [3.05, 3.63) is 10.4 Å². The number of rotatable bonds is 4. The van der Waals surface area contributed by atoms with E-state index in [1.165, 1.54) is 0 Å². The van der Waals surface area contributed by atoms with Crippen LogP contribution in [0.15, 0.2) is 5.11 Å². The van der Waals surface area contributed by atoms with Gasteiger partial charge in [0.25, 0.3) is 5.79 Å². The van der Waals surface area contributed by atoms with Crippen molar-refractivity contribution >= 4 is 5.97 Å². The van der Waals surface area contributed by atoms with E-state index in [1.54, 1.807) is 6.92 Å². The van der Waals surface area contributed by atoms with Gasteiger partial charge in [0.2, 0.25) is 0 Å². The first kappa shape index (κ1) is 12.1. The summed E-state index contributed by atoms with van der Waals surface area (Å²) in [6.07, 6.45) is -1.14. The first-order chi connectivity index (χ1) is 8.16. The first-order valence-electron chi connectivity index (χ1n) is 5.34. The fraction of sp³-hybridized carbons (Fsp3) is 0.889. The number of hydrogen-bond donors (Lipinski definition) is 1. The van der Waals surface area contributed by atoms with Crippen LogP contribution in [-0.4, -0.2) is 48.3 Å². The molecule has 0 amide bonds. The summed E-state index contributed by atoms with van der Waals surface area (Å²) in [5, 5.41) is 12.7. The Hall–Kier alpha value is -1.34. The second-order valence-corrected chi connectivity index (χ2v) is 3.87. The second kappa shape index (κ2) is 4.50. The van der Waals surface area contributed by atoms with E-state index in [4.69, 9.17) is 24.8 Å². The number of carbonyl (C=O) groups excluding carboxylic acids is 1. The van der Waals surface area contributed by atoms with Gasteiger partial charge in [-0.25, -0.2) is 4.79 Å². The molecule has 94 valence electrons. The van der Waals surface area contributed by atoms with E-state index in [-0.39, 0.29) is 19.6 Å². The number of ether oxygens (including phenoxy) is 3. The molecule has 0 spiro atoms. The fourth-order valence-corrected chi connectivity index (χ4v) is 2.18. The largest absolute Gasteiger partial charge is 0.462 e. The van der Waals surface area contributed by atoms with Gasteiger partial charge in [0.1, 0.15) is 6.10 Å². The van der Waals surface area contributed by atoms with Crippen molar-refractivity contribution in [2.75, 3.05) is 13.2 Å². The zero-order valence-corrected chi connectivity index (χ0v) is 9.28. The maximum absolute atomic E-state index is 11.7. The van der Waals surface area contributed by atoms with Gasteiger partial charge in [-0.3, -0.25) is 0 Å². The zero-order valence-electron chi connectivity index (χ0n) is 9.28. The molecule has 4 unspecified atom stereocenters. The summed E-state index contributed by atoms with van der Waals surface area (Å²) >= 11 is 0. The molecule has 2 bridgehead atoms. The smallest absolute Gasteiger partial charge is 0.366 e. The third-order valence-corrected chi connectivity index (χ3v) is 2.86. The fourth-order valence-electron chi connectivity index (χ4n) is 2.18. The molecule has 2 aliphatic rings. The van der Waals surface area contributed by atoms with Crippen molar-refractivity contribution in [2.45, 2.75) is 37.4 Å². The van der Waals surface area contributed by atoms with E-state index in [0.29, 0.717) is 0 Å². The number of esters is 1. The lowest BCUT2D eigenvalue weighted by atomic mass is 9.99. The van der Waals surface area contributed by atoms with Crippen LogP contribution in [0.5, 0.6) is 0 Å². The summed E-state index contributed by atoms with van der Waals surface area (Å²) in [5.41, 5.74) is 8.42. The third kappa shape index (κ3) is 1.85. The molecule has 0 aromatic heterocycles. The molecule has 0 aromatic rings. The van der Waals surface area contributed by atoms with Crippen molar-refractivity contribution < 1.29 is 24.1 Å². The normalized spacial score (nSPS) is 38.8. The highest BCUT2D eigenvalue weighted by atomic mass is 16.8. The minimum absolute atomic E-state index is 0.122. The summed E-state index contributed by atoms with van der Waals surface area (Å²) in [5.74, 6) is -2.16. The van der Waals surface area contributed by atoms with Gasteiger partial charge in [0.05, 0.1) is 25.4 Å². The van der Waals surface area contributed by atoms with Crippen LogP contribution in [0, 0.1) is 0 Å². The summed E-state index contributed by atoms with van der Waals surface area (Å²) in [6, 6.07) is -0.518. The van der Waals surface area contributed by atoms with Crippen molar-refractivity contribution in [3.8, 4) is 0 Å². The summed E-state index contributed by atoms with van der Waals surface area (Å²) in [7, 11) is 0. The molecule has 17 heavy (non-hydrogen) atoms. The van der Waals surface area contributed by atoms with Crippen LogP contribution in [0.1, 0.15) is 13.3 Å². The number of aliphatic hydroxyl groups excluding tert-OH is 1. The lowest BCUT2D eigenvalue weighted by Gasteiger charge is -2.27. The minimum atomic E-state index is -1.52. The third-order valence-electron chi connectivity index (χ3n) is 2.86. The minimum Gasteiger partial charge on any atom is -0.462 e. The van der Waals surface area contributed by atoms with Gasteiger partial charge in [-0.1, -0.05) is 5.11 Å². The first-order valence-corrected chi connectivity index (χ1v) is 5.34. The monoisotopic (exact) mass is 243 g/mol. The van der Waals surface area contributed by atoms with Crippen molar-refractivity contribution in [2.24, 2.45) is 5.11 Å². The zero-order chi connectivity index (χ0) is 12.5. The van der Waals surface area contributed by atoms with Crippen molar-refractivity contribution in [1.29, 1.82) is 0 Å². The molecule has 2 heterocycles. The van der Waals surface area contributed by atoms with Crippen molar-refractivity contribution in [3.63, 3.8) is 0 Å². The van der Waals surface area contributed by atoms with E-state index < -0.39 is 30.0 Å². The Bertz CT molecular complexity index is 370. The van der Waals surface area contributed by atoms with Crippen LogP contribution in [-0.2, 0) is 19.0 Å². The summed E-state index contributed by atoms with van der Waals surface area (Å²) in [4.78, 5) is 14.4. The SMILES string of the molecule is CCOC(=O)C12CC(N=[N+]=[N-])C(O1)C(CO)O2. The number of carbonyl (C=O) groups is 1. The van der Waals surface area contributed by atoms with Gasteiger partial charge in [-0.05, 0) is 12.5 Å². The number of nitrogens with zero attached hydrogens (tertiary/aromatic N) is 3. The standard InChI is InChI=1S/C9H13N3O5/c1-2-15-8(14)9-3-5(11-12-10)7(17-9)6(4-13)16-9/h5-7,13H,2-4H2,1H3. The van der Waals surface area contributed by atoms with Gasteiger partial charge < -0.3 is 19.3 Å². The molecule has 8 nitrogen and oxygen atoms in total. The van der Waals surface area contributed by atoms with Crippen molar-refractivity contribution in [1.82, 2.24) is 0 Å². The summed E-state index contributed by atoms with van der Waals surface area (Å²) < 4.78 is 15.6. The Morgan fingerprint density at radius 2 is 2.47 bits per heavy atom. The van der Waals surface area contributed by atoms with Gasteiger partial charge in [0.15, 0.2) is 0 Å². The van der Waals surface area contributed by atoms with Crippen LogP contribution in [0.25, 0.3) is 10.4 Å². The molecule has 2 rings (SSSR count). The number of hydrogen-bond acceptors (Lipinski definition) is 6. The van der Waals surface area contributed by atoms with Crippen LogP contribution in [0.4, 0.5) is 0 Å². The maximum Gasteiger partial charge on any atom is 0.366 e. The highest BCUT2D eigenvalue weighted by Gasteiger charge is 2.63. The Kier molecular flexibility index (Phi) is 3.21. The van der Waals surface area contributed by atoms with E-state index in [0.717, 1.165) is 0 Å². The average Bonchev–Trinajstić information content (AvgIpc) is 2.86. The van der Waals surface area contributed by atoms with Gasteiger partial charge in [-0.15, -0.1) is 0 Å². The maximum atomic E-state index is 11.7. The lowest BCUT2D eigenvalue weighted by molar-refractivity contribution is -0.208. The van der Waals surface area contributed by atoms with E-state index in [1.807, 2.05) is 0 Å². The van der Waals surface area contributed by atoms with Gasteiger partial charge in [-0.2, -0.15) is 0 Å². The Balaban J connectivity index is 2.20. The quantitative estimate of drug-likeness (QED) is 0.325. The van der Waals surface area contributed by atoms with Crippen LogP contribution < -0.4 is 0 Å². The van der Waals surface area contributed by atoms with Crippen LogP contribution >= 0.6 is 0 Å². The molecule has 8 heteroatoms. The highest BCUT2D eigenvalue weighted by molar-refractivity contribution is 5.79. The molecule has 4 atom stereocenters. The molecule has 0 saturated carbocycles. The van der Waals surface area contributed by atoms with Gasteiger partial charge in [0, 0.05) is 11.3 Å². The van der Waals surface area contributed by atoms with E-state index in [9.17, 15) is 4.79 Å². The molecule has 2 saturated heterocycles. The molecular weight excluding hydrogens is 230 g/mol. The Labute approximate surface area is 97.1 Å². The van der Waals surface area contributed by atoms with Crippen LogP contribution in [0.2, 0.25) is 0 Å². The predicted octanol–water partition coefficient (Wildman–Crippen LogP) is 0.105. The molecule has 2 aliphatic heterocycles. The van der Waals surface area contributed by atoms with Crippen LogP contribution in [0.3, 0.4) is 0 Å². The molecule has 0 aromatic carbocycles. The molecule has 2 fully saturated rings. The lowest BCUT2D eigenvalue weighted by Crippen LogP contribution is -2.45. The van der Waals surface area contributed by atoms with E-state index in [2.05, 4.69) is 10.0 Å². The molecule has 0 radical (unpaired) electrons. The van der Waals surface area contributed by atoms with Gasteiger partial charge >= 0.3 is 5.97 Å². The molecular formula is C9H13N3O5. The highest BCUT2D eigenvalue weighted by Crippen LogP contribution is 2.44.